The van der Waals surface area contributed by atoms with Crippen molar-refractivity contribution in [2.75, 3.05) is 37.9 Å². The Kier molecular flexibility index (Phi) is 11.2. The zero-order chi connectivity index (χ0) is 32.9. The first kappa shape index (κ1) is 34.5. The molecule has 0 radical (unpaired) electrons. The highest BCUT2D eigenvalue weighted by molar-refractivity contribution is 9.11. The van der Waals surface area contributed by atoms with E-state index in [1.54, 1.807) is 26.6 Å². The van der Waals surface area contributed by atoms with Gasteiger partial charge in [-0.25, -0.2) is 9.97 Å². The van der Waals surface area contributed by atoms with Crippen molar-refractivity contribution in [1.29, 1.82) is 0 Å². The topological polar surface area (TPSA) is 127 Å². The van der Waals surface area contributed by atoms with Crippen LogP contribution in [0, 0.1) is 0 Å². The highest BCUT2D eigenvalue weighted by atomic mass is 79.9. The summed E-state index contributed by atoms with van der Waals surface area (Å²) in [6, 6.07) is 8.21. The third-order valence-corrected chi connectivity index (χ3v) is 10.8. The van der Waals surface area contributed by atoms with Crippen molar-refractivity contribution >= 4 is 76.6 Å². The lowest BCUT2D eigenvalue weighted by atomic mass is 9.81. The van der Waals surface area contributed by atoms with Gasteiger partial charge >= 0.3 is 0 Å². The van der Waals surface area contributed by atoms with Crippen LogP contribution in [0.2, 0.25) is 0 Å². The van der Waals surface area contributed by atoms with Gasteiger partial charge in [0.1, 0.15) is 11.5 Å². The Labute approximate surface area is 293 Å². The number of anilines is 2. The van der Waals surface area contributed by atoms with Gasteiger partial charge in [0.25, 0.3) is 0 Å². The number of halogens is 2. The van der Waals surface area contributed by atoms with Crippen LogP contribution in [0.5, 0.6) is 11.5 Å². The van der Waals surface area contributed by atoms with E-state index < -0.39 is 11.1 Å². The van der Waals surface area contributed by atoms with Crippen LogP contribution in [0.1, 0.15) is 48.9 Å². The number of methoxy groups -OCH3 is 2. The van der Waals surface area contributed by atoms with Crippen LogP contribution < -0.4 is 30.7 Å². The van der Waals surface area contributed by atoms with Crippen molar-refractivity contribution in [3.8, 4) is 11.5 Å². The summed E-state index contributed by atoms with van der Waals surface area (Å²) in [7, 11) is 3.32. The summed E-state index contributed by atoms with van der Waals surface area (Å²) < 4.78 is 12.5. The van der Waals surface area contributed by atoms with Crippen LogP contribution in [-0.4, -0.2) is 49.1 Å². The lowest BCUT2D eigenvalue weighted by Gasteiger charge is -2.37. The summed E-state index contributed by atoms with van der Waals surface area (Å²) in [5, 5.41) is 17.6. The fraction of sp³-hybridized carbons (Fsp3) is 0.375. The molecule has 4 heterocycles. The summed E-state index contributed by atoms with van der Waals surface area (Å²) in [6.45, 7) is 5.79. The molecule has 0 aliphatic carbocycles. The molecule has 0 saturated carbocycles. The molecule has 2 atom stereocenters. The van der Waals surface area contributed by atoms with Gasteiger partial charge in [0, 0.05) is 60.2 Å². The zero-order valence-electron chi connectivity index (χ0n) is 26.0. The van der Waals surface area contributed by atoms with Crippen LogP contribution in [0.3, 0.4) is 0 Å². The standard InChI is InChI=1S/2C16H18BrN3O2S/c2*1-16(9-14(21)20-15-18-5-6-23-15)11-8-12(17)13(22-2)7-10(11)3-4-19-16/h2*5-8,19H,3-4,9H2,1-2H3,(H,18,20,21)/t16-;/m1./s1. The van der Waals surface area contributed by atoms with Crippen LogP contribution in [0.4, 0.5) is 10.3 Å². The summed E-state index contributed by atoms with van der Waals surface area (Å²) in [4.78, 5) is 33.0. The molecule has 0 bridgehead atoms. The van der Waals surface area contributed by atoms with Crippen molar-refractivity contribution in [3.63, 3.8) is 0 Å². The number of ether oxygens (including phenoxy) is 2. The predicted molar refractivity (Wildman–Crippen MR) is 190 cm³/mol. The van der Waals surface area contributed by atoms with Gasteiger partial charge in [-0.3, -0.25) is 9.59 Å². The van der Waals surface area contributed by atoms with Gasteiger partial charge in [0.15, 0.2) is 10.3 Å². The Bertz CT molecular complexity index is 1560. The predicted octanol–water partition coefficient (Wildman–Crippen LogP) is 6.61. The molecule has 1 unspecified atom stereocenters. The number of fused-ring (bicyclic) bond motifs is 2. The Balaban J connectivity index is 0.000000181. The molecular weight excluding hydrogens is 756 g/mol. The average Bonchev–Trinajstić information content (AvgIpc) is 3.72. The number of carbonyl (C=O) groups is 2. The minimum absolute atomic E-state index is 0.0465. The van der Waals surface area contributed by atoms with Crippen LogP contribution >= 0.6 is 54.5 Å². The van der Waals surface area contributed by atoms with Gasteiger partial charge in [-0.1, -0.05) is 0 Å². The molecule has 0 fully saturated rings. The van der Waals surface area contributed by atoms with E-state index in [9.17, 15) is 9.59 Å². The molecule has 2 amide bonds. The first-order chi connectivity index (χ1) is 22.0. The van der Waals surface area contributed by atoms with Crippen LogP contribution in [-0.2, 0) is 33.5 Å². The number of amides is 2. The Hall–Kier alpha value is -2.88. The molecule has 4 N–H and O–H groups in total. The van der Waals surface area contributed by atoms with Crippen molar-refractivity contribution in [3.05, 3.63) is 78.6 Å². The molecule has 2 aliphatic heterocycles. The molecular formula is C32H36Br2N6O4S2. The first-order valence-electron chi connectivity index (χ1n) is 14.7. The molecule has 46 heavy (non-hydrogen) atoms. The molecule has 4 aromatic rings. The van der Waals surface area contributed by atoms with Crippen molar-refractivity contribution in [2.45, 2.75) is 50.6 Å². The molecule has 2 aromatic heterocycles. The quantitative estimate of drug-likeness (QED) is 0.157. The minimum Gasteiger partial charge on any atom is -0.496 e. The van der Waals surface area contributed by atoms with Crippen molar-refractivity contribution < 1.29 is 19.1 Å². The zero-order valence-corrected chi connectivity index (χ0v) is 30.8. The number of hydrogen-bond donors (Lipinski definition) is 4. The van der Waals surface area contributed by atoms with E-state index in [4.69, 9.17) is 9.47 Å². The van der Waals surface area contributed by atoms with E-state index in [1.807, 2.05) is 10.8 Å². The third-order valence-electron chi connectivity index (χ3n) is 8.15. The second-order valence-corrected chi connectivity index (χ2v) is 14.9. The number of benzene rings is 2. The molecule has 2 aliphatic rings. The Morgan fingerprint density at radius 2 is 1.20 bits per heavy atom. The minimum atomic E-state index is -0.413. The summed E-state index contributed by atoms with van der Waals surface area (Å²) in [5.74, 6) is 1.55. The van der Waals surface area contributed by atoms with E-state index in [0.717, 1.165) is 57.5 Å². The van der Waals surface area contributed by atoms with Crippen LogP contribution in [0.15, 0.2) is 56.4 Å². The lowest BCUT2D eigenvalue weighted by Crippen LogP contribution is -2.47. The number of thiazole rings is 2. The number of nitrogens with zero attached hydrogens (tertiary/aromatic N) is 2. The van der Waals surface area contributed by atoms with E-state index in [1.165, 1.54) is 33.8 Å². The second kappa shape index (κ2) is 14.9. The van der Waals surface area contributed by atoms with Gasteiger partial charge in [-0.2, -0.15) is 0 Å². The fourth-order valence-electron chi connectivity index (χ4n) is 5.94. The highest BCUT2D eigenvalue weighted by Crippen LogP contribution is 2.39. The number of nitrogens with one attached hydrogen (secondary N) is 4. The van der Waals surface area contributed by atoms with Gasteiger partial charge < -0.3 is 30.7 Å². The fourth-order valence-corrected chi connectivity index (χ4v) is 8.04. The summed E-state index contributed by atoms with van der Waals surface area (Å²) in [5.41, 5.74) is 3.87. The van der Waals surface area contributed by atoms with E-state index >= 15 is 0 Å². The molecule has 2 aromatic carbocycles. The molecule has 0 saturated heterocycles. The molecule has 14 heteroatoms. The maximum atomic E-state index is 12.4. The summed E-state index contributed by atoms with van der Waals surface area (Å²) in [6.07, 6.45) is 5.89. The third kappa shape index (κ3) is 7.97. The highest BCUT2D eigenvalue weighted by Gasteiger charge is 2.36. The number of rotatable bonds is 8. The Morgan fingerprint density at radius 3 is 1.54 bits per heavy atom. The normalized spacial score (nSPS) is 20.0. The van der Waals surface area contributed by atoms with E-state index in [-0.39, 0.29) is 11.8 Å². The maximum Gasteiger partial charge on any atom is 0.228 e. The van der Waals surface area contributed by atoms with Crippen molar-refractivity contribution in [1.82, 2.24) is 20.6 Å². The maximum absolute atomic E-state index is 12.4. The van der Waals surface area contributed by atoms with Crippen molar-refractivity contribution in [2.24, 2.45) is 0 Å². The average molecular weight is 793 g/mol. The van der Waals surface area contributed by atoms with Gasteiger partial charge in [-0.05, 0) is 105 Å². The summed E-state index contributed by atoms with van der Waals surface area (Å²) >= 11 is 9.92. The smallest absolute Gasteiger partial charge is 0.228 e. The molecule has 10 nitrogen and oxygen atoms in total. The Morgan fingerprint density at radius 1 is 0.783 bits per heavy atom. The van der Waals surface area contributed by atoms with E-state index in [0.29, 0.717) is 23.1 Å². The lowest BCUT2D eigenvalue weighted by molar-refractivity contribution is -0.118. The molecule has 244 valence electrons. The number of carbonyl (C=O) groups excluding carboxylic acids is 2. The number of aromatic nitrogens is 2. The van der Waals surface area contributed by atoms with Crippen LogP contribution in [0.25, 0.3) is 0 Å². The second-order valence-electron chi connectivity index (χ2n) is 11.4. The first-order valence-corrected chi connectivity index (χ1v) is 18.0. The molecule has 6 rings (SSSR count). The van der Waals surface area contributed by atoms with Gasteiger partial charge in [0.05, 0.1) is 23.2 Å². The van der Waals surface area contributed by atoms with Gasteiger partial charge in [0.2, 0.25) is 11.8 Å². The SMILES string of the molecule is COc1cc2c(cc1Br)C(C)(CC(=O)Nc1nccs1)NCC2.COc1cc2c(cc1Br)[C@@](C)(CC(=O)Nc1nccs1)NCC2. The number of hydrogen-bond acceptors (Lipinski definition) is 10. The monoisotopic (exact) mass is 790 g/mol. The van der Waals surface area contributed by atoms with E-state index in [2.05, 4.69) is 101 Å². The molecule has 0 spiro atoms. The largest absolute Gasteiger partial charge is 0.496 e. The van der Waals surface area contributed by atoms with Gasteiger partial charge in [-0.15, -0.1) is 22.7 Å².